The number of nitrogens with one attached hydrogen (secondary N) is 1. The molecule has 27 heavy (non-hydrogen) atoms. The van der Waals surface area contributed by atoms with Crippen LogP contribution in [-0.4, -0.2) is 29.2 Å². The number of halogens is 2. The number of benzene rings is 2. The highest BCUT2D eigenvalue weighted by Crippen LogP contribution is 2.30. The van der Waals surface area contributed by atoms with Crippen molar-refractivity contribution in [2.24, 2.45) is 0 Å². The topological polar surface area (TPSA) is 120 Å². The van der Waals surface area contributed by atoms with Crippen LogP contribution in [0.5, 0.6) is 0 Å². The normalized spacial score (nSPS) is 11.3. The minimum atomic E-state index is -3.89. The average molecular weight is 426 g/mol. The fourth-order valence-electron chi connectivity index (χ4n) is 2.22. The van der Waals surface area contributed by atoms with E-state index in [-0.39, 0.29) is 27.4 Å². The van der Waals surface area contributed by atoms with Crippen molar-refractivity contribution in [2.75, 3.05) is 11.1 Å². The van der Waals surface area contributed by atoms with Gasteiger partial charge < -0.3 is 11.1 Å². The van der Waals surface area contributed by atoms with Crippen LogP contribution in [0.15, 0.2) is 53.7 Å². The molecule has 0 aliphatic heterocycles. The van der Waals surface area contributed by atoms with Crippen molar-refractivity contribution in [2.45, 2.75) is 10.9 Å². The zero-order chi connectivity index (χ0) is 19.6. The Labute approximate surface area is 164 Å². The molecule has 0 fully saturated rings. The van der Waals surface area contributed by atoms with Crippen LogP contribution in [0.4, 0.5) is 16.4 Å². The summed E-state index contributed by atoms with van der Waals surface area (Å²) < 4.78 is 25.6. The molecular weight excluding hydrogens is 413 g/mol. The summed E-state index contributed by atoms with van der Waals surface area (Å²) in [6, 6.07) is 12.3. The van der Waals surface area contributed by atoms with E-state index in [0.29, 0.717) is 10.2 Å². The molecule has 0 unspecified atom stereocenters. The van der Waals surface area contributed by atoms with E-state index in [2.05, 4.69) is 15.4 Å². The number of hydrogen-bond acceptors (Lipinski definition) is 6. The Morgan fingerprint density at radius 3 is 2.33 bits per heavy atom. The van der Waals surface area contributed by atoms with Gasteiger partial charge in [-0.15, -0.1) is 9.78 Å². The van der Waals surface area contributed by atoms with Crippen molar-refractivity contribution in [1.82, 2.24) is 14.8 Å². The van der Waals surface area contributed by atoms with Crippen molar-refractivity contribution in [3.63, 3.8) is 0 Å². The van der Waals surface area contributed by atoms with Crippen LogP contribution in [-0.2, 0) is 15.6 Å². The number of carbonyl (C=O) groups excluding carboxylic acids is 1. The standard InChI is InChI=1S/C16H13Cl2N5O3S/c17-11-7-4-8-12(18)13(11)20-16(24)23-14(19)21-15(22-23)27(25,26)9-10-5-2-1-3-6-10/h1-8H,9H2,(H,20,24)(H2,19,21,22). The van der Waals surface area contributed by atoms with Gasteiger partial charge in [0.05, 0.1) is 21.5 Å². The number of nitrogens with two attached hydrogens (primary N) is 1. The summed E-state index contributed by atoms with van der Waals surface area (Å²) in [4.78, 5) is 16.1. The zero-order valence-electron chi connectivity index (χ0n) is 13.6. The molecule has 0 aliphatic carbocycles. The first-order valence-corrected chi connectivity index (χ1v) is 9.93. The molecule has 0 saturated heterocycles. The lowest BCUT2D eigenvalue weighted by molar-refractivity contribution is 0.251. The highest BCUT2D eigenvalue weighted by Gasteiger charge is 2.25. The summed E-state index contributed by atoms with van der Waals surface area (Å²) in [6.45, 7) is 0. The molecule has 0 bridgehead atoms. The molecule has 3 rings (SSSR count). The molecule has 3 aromatic rings. The predicted octanol–water partition coefficient (Wildman–Crippen LogP) is 3.22. The summed E-state index contributed by atoms with van der Waals surface area (Å²) in [7, 11) is -3.89. The van der Waals surface area contributed by atoms with E-state index in [4.69, 9.17) is 28.9 Å². The Morgan fingerprint density at radius 1 is 1.07 bits per heavy atom. The van der Waals surface area contributed by atoms with Crippen molar-refractivity contribution in [1.29, 1.82) is 0 Å². The first-order chi connectivity index (χ1) is 12.8. The molecule has 0 atom stereocenters. The highest BCUT2D eigenvalue weighted by atomic mass is 35.5. The van der Waals surface area contributed by atoms with Crippen LogP contribution in [0.2, 0.25) is 10.0 Å². The molecule has 0 aliphatic rings. The van der Waals surface area contributed by atoms with Gasteiger partial charge in [0.25, 0.3) is 5.16 Å². The number of rotatable bonds is 4. The number of sulfone groups is 1. The fourth-order valence-corrected chi connectivity index (χ4v) is 3.91. The van der Waals surface area contributed by atoms with Gasteiger partial charge in [0.15, 0.2) is 0 Å². The molecule has 0 spiro atoms. The molecule has 1 aromatic heterocycles. The van der Waals surface area contributed by atoms with Gasteiger partial charge in [0, 0.05) is 0 Å². The molecule has 0 saturated carbocycles. The maximum Gasteiger partial charge on any atom is 0.349 e. The Morgan fingerprint density at radius 2 is 1.70 bits per heavy atom. The number of nitrogens with zero attached hydrogens (tertiary/aromatic N) is 3. The third kappa shape index (κ3) is 4.21. The summed E-state index contributed by atoms with van der Waals surface area (Å²) >= 11 is 12.0. The fraction of sp³-hybridized carbons (Fsp3) is 0.0625. The third-order valence-corrected chi connectivity index (χ3v) is 5.55. The minimum absolute atomic E-state index is 0.148. The second-order valence-corrected chi connectivity index (χ2v) is 8.13. The van der Waals surface area contributed by atoms with Crippen LogP contribution in [0.1, 0.15) is 5.56 Å². The van der Waals surface area contributed by atoms with Gasteiger partial charge >= 0.3 is 6.03 Å². The molecule has 3 N–H and O–H groups in total. The lowest BCUT2D eigenvalue weighted by Gasteiger charge is -2.08. The number of aromatic nitrogens is 3. The summed E-state index contributed by atoms with van der Waals surface area (Å²) in [5.41, 5.74) is 6.36. The largest absolute Gasteiger partial charge is 0.368 e. The van der Waals surface area contributed by atoms with Crippen LogP contribution in [0.3, 0.4) is 0 Å². The van der Waals surface area contributed by atoms with E-state index < -0.39 is 21.0 Å². The smallest absolute Gasteiger partial charge is 0.349 e. The Balaban J connectivity index is 1.87. The zero-order valence-corrected chi connectivity index (χ0v) is 16.0. The lowest BCUT2D eigenvalue weighted by Crippen LogP contribution is -2.23. The number of anilines is 2. The Hall–Kier alpha value is -2.62. The lowest BCUT2D eigenvalue weighted by atomic mass is 10.2. The number of hydrogen-bond donors (Lipinski definition) is 2. The van der Waals surface area contributed by atoms with Crippen molar-refractivity contribution >= 4 is 50.7 Å². The SMILES string of the molecule is Nc1nc(S(=O)(=O)Cc2ccccc2)nn1C(=O)Nc1c(Cl)cccc1Cl. The van der Waals surface area contributed by atoms with E-state index in [1.54, 1.807) is 36.4 Å². The van der Waals surface area contributed by atoms with E-state index >= 15 is 0 Å². The van der Waals surface area contributed by atoms with Crippen LogP contribution < -0.4 is 11.1 Å². The third-order valence-electron chi connectivity index (χ3n) is 3.48. The predicted molar refractivity (Wildman–Crippen MR) is 103 cm³/mol. The van der Waals surface area contributed by atoms with Gasteiger partial charge in [-0.25, -0.2) is 13.2 Å². The first-order valence-electron chi connectivity index (χ1n) is 7.52. The van der Waals surface area contributed by atoms with Gasteiger partial charge in [0.2, 0.25) is 15.8 Å². The van der Waals surface area contributed by atoms with Crippen LogP contribution in [0, 0.1) is 0 Å². The van der Waals surface area contributed by atoms with Gasteiger partial charge in [-0.1, -0.05) is 59.6 Å². The minimum Gasteiger partial charge on any atom is -0.368 e. The van der Waals surface area contributed by atoms with E-state index in [0.717, 1.165) is 0 Å². The van der Waals surface area contributed by atoms with Gasteiger partial charge in [-0.05, 0) is 17.7 Å². The quantitative estimate of drug-likeness (QED) is 0.661. The van der Waals surface area contributed by atoms with Gasteiger partial charge in [0.1, 0.15) is 0 Å². The van der Waals surface area contributed by atoms with Crippen LogP contribution >= 0.6 is 23.2 Å². The molecular formula is C16H13Cl2N5O3S. The highest BCUT2D eigenvalue weighted by molar-refractivity contribution is 7.90. The second kappa shape index (κ2) is 7.55. The maximum atomic E-state index is 12.5. The molecule has 2 aromatic carbocycles. The van der Waals surface area contributed by atoms with E-state index in [1.807, 2.05) is 0 Å². The molecule has 1 heterocycles. The van der Waals surface area contributed by atoms with Gasteiger partial charge in [-0.2, -0.15) is 4.98 Å². The molecule has 1 amide bonds. The van der Waals surface area contributed by atoms with Gasteiger partial charge in [-0.3, -0.25) is 0 Å². The monoisotopic (exact) mass is 425 g/mol. The van der Waals surface area contributed by atoms with Crippen molar-refractivity contribution in [3.05, 3.63) is 64.1 Å². The molecule has 140 valence electrons. The molecule has 11 heteroatoms. The first kappa shape index (κ1) is 19.2. The Kier molecular flexibility index (Phi) is 5.36. The molecule has 0 radical (unpaired) electrons. The number of amides is 1. The summed E-state index contributed by atoms with van der Waals surface area (Å²) in [5.74, 6) is -0.711. The van der Waals surface area contributed by atoms with Crippen LogP contribution in [0.25, 0.3) is 0 Å². The number of nitrogen functional groups attached to an aromatic ring is 1. The van der Waals surface area contributed by atoms with Crippen molar-refractivity contribution < 1.29 is 13.2 Å². The average Bonchev–Trinajstić information content (AvgIpc) is 3.01. The summed E-state index contributed by atoms with van der Waals surface area (Å²) in [6.07, 6.45) is 0. The maximum absolute atomic E-state index is 12.5. The molecule has 8 nitrogen and oxygen atoms in total. The van der Waals surface area contributed by atoms with Crippen molar-refractivity contribution in [3.8, 4) is 0 Å². The Bertz CT molecular complexity index is 1080. The number of para-hydroxylation sites is 1. The van der Waals surface area contributed by atoms with E-state index in [1.165, 1.54) is 12.1 Å². The summed E-state index contributed by atoms with van der Waals surface area (Å²) in [5, 5.41) is 6.01. The number of carbonyl (C=O) groups is 1. The van der Waals surface area contributed by atoms with E-state index in [9.17, 15) is 13.2 Å². The second-order valence-electron chi connectivity index (χ2n) is 5.44.